The molecule has 0 aromatic carbocycles. The third kappa shape index (κ3) is 4.05. The number of carboxylic acids is 1. The molecule has 0 saturated carbocycles. The van der Waals surface area contributed by atoms with Gasteiger partial charge < -0.3 is 10.0 Å². The molecule has 1 aliphatic rings. The minimum atomic E-state index is -1.14. The molecule has 2 rings (SSSR count). The van der Waals surface area contributed by atoms with Gasteiger partial charge in [-0.05, 0) is 30.6 Å². The first-order chi connectivity index (χ1) is 10.3. The molecule has 0 spiro atoms. The van der Waals surface area contributed by atoms with Gasteiger partial charge in [-0.3, -0.25) is 4.79 Å². The van der Waals surface area contributed by atoms with Crippen LogP contribution < -0.4 is 0 Å². The van der Waals surface area contributed by atoms with Gasteiger partial charge in [0, 0.05) is 13.1 Å². The lowest BCUT2D eigenvalue weighted by Crippen LogP contribution is -2.35. The molecule has 7 nitrogen and oxygen atoms in total. The van der Waals surface area contributed by atoms with Crippen molar-refractivity contribution in [3.63, 3.8) is 0 Å². The molecular weight excluding hydrogens is 284 g/mol. The molecule has 1 atom stereocenters. The van der Waals surface area contributed by atoms with Gasteiger partial charge in [0.2, 0.25) is 5.91 Å². The molecule has 1 aromatic heterocycles. The second-order valence-corrected chi connectivity index (χ2v) is 6.98. The van der Waals surface area contributed by atoms with Gasteiger partial charge in [0.05, 0.1) is 6.20 Å². The van der Waals surface area contributed by atoms with Crippen LogP contribution >= 0.6 is 0 Å². The van der Waals surface area contributed by atoms with Crippen molar-refractivity contribution in [2.75, 3.05) is 13.1 Å². The number of aromatic nitrogens is 3. The molecule has 1 unspecified atom stereocenters. The Morgan fingerprint density at radius 1 is 1.32 bits per heavy atom. The van der Waals surface area contributed by atoms with E-state index in [2.05, 4.69) is 31.1 Å². The quantitative estimate of drug-likeness (QED) is 0.917. The van der Waals surface area contributed by atoms with Gasteiger partial charge in [0.15, 0.2) is 5.69 Å². The lowest BCUT2D eigenvalue weighted by Gasteiger charge is -2.29. The fourth-order valence-corrected chi connectivity index (χ4v) is 2.92. The van der Waals surface area contributed by atoms with Gasteiger partial charge >= 0.3 is 5.97 Å². The largest absolute Gasteiger partial charge is 0.476 e. The Morgan fingerprint density at radius 2 is 2.05 bits per heavy atom. The summed E-state index contributed by atoms with van der Waals surface area (Å²) >= 11 is 0. The molecule has 1 saturated heterocycles. The second kappa shape index (κ2) is 6.46. The Balaban J connectivity index is 1.93. The third-order valence-electron chi connectivity index (χ3n) is 4.36. The third-order valence-corrected chi connectivity index (χ3v) is 4.36. The number of amides is 1. The van der Waals surface area contributed by atoms with E-state index in [1.54, 1.807) is 0 Å². The summed E-state index contributed by atoms with van der Waals surface area (Å²) in [6.45, 7) is 8.29. The normalized spacial score (nSPS) is 19.8. The molecule has 0 aliphatic carbocycles. The summed E-state index contributed by atoms with van der Waals surface area (Å²) in [7, 11) is 0. The molecule has 7 heteroatoms. The fourth-order valence-electron chi connectivity index (χ4n) is 2.92. The van der Waals surface area contributed by atoms with Crippen molar-refractivity contribution in [2.45, 2.75) is 46.6 Å². The summed E-state index contributed by atoms with van der Waals surface area (Å²) in [5.74, 6) is -0.548. The summed E-state index contributed by atoms with van der Waals surface area (Å²) in [6.07, 6.45) is 4.44. The summed E-state index contributed by atoms with van der Waals surface area (Å²) in [5, 5.41) is 16.0. The second-order valence-electron chi connectivity index (χ2n) is 6.98. The SMILES string of the molecule is CC(C)(C)C1CCCN(C(=O)Cn2cc(C(=O)O)nn2)CC1. The molecule has 2 heterocycles. The predicted octanol–water partition coefficient (Wildman–Crippen LogP) is 1.65. The first-order valence-electron chi connectivity index (χ1n) is 7.68. The number of aromatic carboxylic acids is 1. The maximum absolute atomic E-state index is 12.3. The summed E-state index contributed by atoms with van der Waals surface area (Å²) in [5.41, 5.74) is 0.123. The van der Waals surface area contributed by atoms with Gasteiger partial charge in [0.25, 0.3) is 0 Å². The van der Waals surface area contributed by atoms with E-state index in [1.807, 2.05) is 4.90 Å². The lowest BCUT2D eigenvalue weighted by molar-refractivity contribution is -0.132. The molecular formula is C15H24N4O3. The number of carbonyl (C=O) groups excluding carboxylic acids is 1. The minimum Gasteiger partial charge on any atom is -0.476 e. The van der Waals surface area contributed by atoms with E-state index in [0.717, 1.165) is 32.4 Å². The predicted molar refractivity (Wildman–Crippen MR) is 80.4 cm³/mol. The van der Waals surface area contributed by atoms with E-state index in [1.165, 1.54) is 10.9 Å². The molecule has 122 valence electrons. The Kier molecular flexibility index (Phi) is 4.83. The zero-order valence-corrected chi connectivity index (χ0v) is 13.4. The van der Waals surface area contributed by atoms with Gasteiger partial charge in [-0.25, -0.2) is 9.48 Å². The van der Waals surface area contributed by atoms with Crippen molar-refractivity contribution in [3.05, 3.63) is 11.9 Å². The molecule has 1 N–H and O–H groups in total. The van der Waals surface area contributed by atoms with Crippen molar-refractivity contribution >= 4 is 11.9 Å². The molecule has 0 bridgehead atoms. The van der Waals surface area contributed by atoms with Crippen LogP contribution in [0, 0.1) is 11.3 Å². The first-order valence-corrected chi connectivity index (χ1v) is 7.68. The average molecular weight is 308 g/mol. The van der Waals surface area contributed by atoms with E-state index in [0.29, 0.717) is 5.92 Å². The van der Waals surface area contributed by atoms with Crippen molar-refractivity contribution in [2.24, 2.45) is 11.3 Å². The summed E-state index contributed by atoms with van der Waals surface area (Å²) in [6, 6.07) is 0. The highest BCUT2D eigenvalue weighted by molar-refractivity contribution is 5.84. The van der Waals surface area contributed by atoms with Gasteiger partial charge in [-0.1, -0.05) is 26.0 Å². The molecule has 1 amide bonds. The highest BCUT2D eigenvalue weighted by atomic mass is 16.4. The molecule has 1 fully saturated rings. The van der Waals surface area contributed by atoms with Crippen LogP contribution in [0.2, 0.25) is 0 Å². The Labute approximate surface area is 130 Å². The standard InChI is InChI=1S/C15H24N4O3/c1-15(2,3)11-5-4-7-18(8-6-11)13(20)10-19-9-12(14(21)22)16-17-19/h9,11H,4-8,10H2,1-3H3,(H,21,22). The minimum absolute atomic E-state index is 0.0311. The van der Waals surface area contributed by atoms with E-state index < -0.39 is 5.97 Å². The topological polar surface area (TPSA) is 88.3 Å². The monoisotopic (exact) mass is 308 g/mol. The van der Waals surface area contributed by atoms with Crippen molar-refractivity contribution in [3.8, 4) is 0 Å². The van der Waals surface area contributed by atoms with Crippen LogP contribution in [0.25, 0.3) is 0 Å². The van der Waals surface area contributed by atoms with E-state index in [4.69, 9.17) is 5.11 Å². The van der Waals surface area contributed by atoms with Gasteiger partial charge in [-0.2, -0.15) is 0 Å². The van der Waals surface area contributed by atoms with Crippen LogP contribution in [0.4, 0.5) is 0 Å². The van der Waals surface area contributed by atoms with E-state index >= 15 is 0 Å². The number of carbonyl (C=O) groups is 2. The zero-order chi connectivity index (χ0) is 16.3. The fraction of sp³-hybridized carbons (Fsp3) is 0.733. The molecule has 0 radical (unpaired) electrons. The highest BCUT2D eigenvalue weighted by Crippen LogP contribution is 2.34. The average Bonchev–Trinajstić information content (AvgIpc) is 2.72. The number of nitrogens with zero attached hydrogens (tertiary/aromatic N) is 4. The zero-order valence-electron chi connectivity index (χ0n) is 13.4. The van der Waals surface area contributed by atoms with E-state index in [9.17, 15) is 9.59 Å². The van der Waals surface area contributed by atoms with Crippen LogP contribution in [0.15, 0.2) is 6.20 Å². The Morgan fingerprint density at radius 3 is 2.64 bits per heavy atom. The number of carboxylic acid groups (broad SMARTS) is 1. The number of rotatable bonds is 3. The van der Waals surface area contributed by atoms with Gasteiger partial charge in [-0.15, -0.1) is 5.10 Å². The molecule has 1 aliphatic heterocycles. The summed E-state index contributed by atoms with van der Waals surface area (Å²) < 4.78 is 1.29. The number of hydrogen-bond donors (Lipinski definition) is 1. The highest BCUT2D eigenvalue weighted by Gasteiger charge is 2.28. The van der Waals surface area contributed by atoms with Crippen molar-refractivity contribution < 1.29 is 14.7 Å². The Hall–Kier alpha value is -1.92. The number of likely N-dealkylation sites (tertiary alicyclic amines) is 1. The summed E-state index contributed by atoms with van der Waals surface area (Å²) in [4.78, 5) is 25.0. The van der Waals surface area contributed by atoms with Crippen molar-refractivity contribution in [1.82, 2.24) is 19.9 Å². The van der Waals surface area contributed by atoms with Crippen LogP contribution in [0.5, 0.6) is 0 Å². The van der Waals surface area contributed by atoms with E-state index in [-0.39, 0.29) is 23.6 Å². The molecule has 1 aromatic rings. The maximum Gasteiger partial charge on any atom is 0.358 e. The maximum atomic E-state index is 12.3. The van der Waals surface area contributed by atoms with Gasteiger partial charge in [0.1, 0.15) is 6.54 Å². The van der Waals surface area contributed by atoms with Crippen LogP contribution in [0.1, 0.15) is 50.5 Å². The van der Waals surface area contributed by atoms with Crippen molar-refractivity contribution in [1.29, 1.82) is 0 Å². The van der Waals surface area contributed by atoms with Crippen LogP contribution in [-0.2, 0) is 11.3 Å². The lowest BCUT2D eigenvalue weighted by atomic mass is 9.77. The number of hydrogen-bond acceptors (Lipinski definition) is 4. The molecule has 22 heavy (non-hydrogen) atoms. The van der Waals surface area contributed by atoms with Crippen LogP contribution in [-0.4, -0.2) is 50.0 Å². The first kappa shape index (κ1) is 16.5. The van der Waals surface area contributed by atoms with Crippen LogP contribution in [0.3, 0.4) is 0 Å². The smallest absolute Gasteiger partial charge is 0.358 e. The Bertz CT molecular complexity index is 547.